The molecule has 0 unspecified atom stereocenters. The number of nitrogens with one attached hydrogen (secondary N) is 1. The van der Waals surface area contributed by atoms with Crippen molar-refractivity contribution in [2.24, 2.45) is 0 Å². The summed E-state index contributed by atoms with van der Waals surface area (Å²) in [6, 6.07) is 5.67. The van der Waals surface area contributed by atoms with Gasteiger partial charge in [0.25, 0.3) is 0 Å². The second-order valence-corrected chi connectivity index (χ2v) is 8.53. The molecule has 1 amide bonds. The molecule has 0 aliphatic rings. The number of amides is 1. The van der Waals surface area contributed by atoms with Gasteiger partial charge >= 0.3 is 5.97 Å². The second kappa shape index (κ2) is 9.26. The SMILES string of the molecule is COC(=O)c1c(NC(=O)CSc2nnnn2-c2cc(C)ccc2OC)sc(C)c1C. The van der Waals surface area contributed by atoms with Crippen molar-refractivity contribution in [2.45, 2.75) is 25.9 Å². The van der Waals surface area contributed by atoms with E-state index in [1.807, 2.05) is 39.0 Å². The van der Waals surface area contributed by atoms with Crippen LogP contribution in [-0.2, 0) is 9.53 Å². The fourth-order valence-corrected chi connectivity index (χ4v) is 4.49. The number of anilines is 1. The molecule has 0 spiro atoms. The molecule has 1 aromatic carbocycles. The number of carbonyl (C=O) groups excluding carboxylic acids is 2. The van der Waals surface area contributed by atoms with Gasteiger partial charge in [-0.05, 0) is 54.5 Å². The van der Waals surface area contributed by atoms with E-state index in [1.54, 1.807) is 7.11 Å². The Labute approximate surface area is 181 Å². The molecule has 30 heavy (non-hydrogen) atoms. The fourth-order valence-electron chi connectivity index (χ4n) is 2.74. The monoisotopic (exact) mass is 447 g/mol. The van der Waals surface area contributed by atoms with Crippen LogP contribution >= 0.6 is 23.1 Å². The quantitative estimate of drug-likeness (QED) is 0.435. The minimum Gasteiger partial charge on any atom is -0.494 e. The Morgan fingerprint density at radius 1 is 1.23 bits per heavy atom. The van der Waals surface area contributed by atoms with Crippen molar-refractivity contribution in [3.05, 3.63) is 39.8 Å². The van der Waals surface area contributed by atoms with E-state index in [9.17, 15) is 9.59 Å². The summed E-state index contributed by atoms with van der Waals surface area (Å²) in [6.07, 6.45) is 0. The Kier molecular flexibility index (Phi) is 6.73. The van der Waals surface area contributed by atoms with Gasteiger partial charge in [-0.2, -0.15) is 4.68 Å². The van der Waals surface area contributed by atoms with Gasteiger partial charge in [0, 0.05) is 4.88 Å². The molecule has 0 atom stereocenters. The van der Waals surface area contributed by atoms with Crippen LogP contribution in [0.15, 0.2) is 23.4 Å². The summed E-state index contributed by atoms with van der Waals surface area (Å²) in [4.78, 5) is 25.5. The topological polar surface area (TPSA) is 108 Å². The first kappa shape index (κ1) is 21.8. The summed E-state index contributed by atoms with van der Waals surface area (Å²) < 4.78 is 11.8. The number of hydrogen-bond donors (Lipinski definition) is 1. The van der Waals surface area contributed by atoms with E-state index in [4.69, 9.17) is 9.47 Å². The molecule has 0 aliphatic carbocycles. The lowest BCUT2D eigenvalue weighted by molar-refractivity contribution is -0.113. The van der Waals surface area contributed by atoms with Gasteiger partial charge < -0.3 is 14.8 Å². The highest BCUT2D eigenvalue weighted by molar-refractivity contribution is 7.99. The highest BCUT2D eigenvalue weighted by Crippen LogP contribution is 2.33. The van der Waals surface area contributed by atoms with Crippen molar-refractivity contribution in [3.8, 4) is 11.4 Å². The van der Waals surface area contributed by atoms with E-state index in [0.29, 0.717) is 27.2 Å². The Hall–Kier alpha value is -2.92. The molecule has 0 aliphatic heterocycles. The van der Waals surface area contributed by atoms with E-state index in [0.717, 1.165) is 16.0 Å². The van der Waals surface area contributed by atoms with Crippen LogP contribution in [-0.4, -0.2) is 52.1 Å². The zero-order chi connectivity index (χ0) is 21.8. The minimum atomic E-state index is -0.477. The molecule has 0 saturated carbocycles. The molecule has 0 radical (unpaired) electrons. The van der Waals surface area contributed by atoms with Crippen LogP contribution in [0.25, 0.3) is 5.69 Å². The van der Waals surface area contributed by atoms with Crippen LogP contribution < -0.4 is 10.1 Å². The smallest absolute Gasteiger partial charge is 0.341 e. The molecule has 9 nitrogen and oxygen atoms in total. The maximum Gasteiger partial charge on any atom is 0.341 e. The average Bonchev–Trinajstić information content (AvgIpc) is 3.30. The lowest BCUT2D eigenvalue weighted by atomic mass is 10.1. The summed E-state index contributed by atoms with van der Waals surface area (Å²) in [5.74, 6) is -0.0793. The largest absolute Gasteiger partial charge is 0.494 e. The van der Waals surface area contributed by atoms with Crippen LogP contribution in [0.3, 0.4) is 0 Å². The summed E-state index contributed by atoms with van der Waals surface area (Å²) in [5, 5.41) is 15.5. The number of benzene rings is 1. The number of aryl methyl sites for hydroxylation is 2. The number of hydrogen-bond acceptors (Lipinski definition) is 9. The van der Waals surface area contributed by atoms with Crippen LogP contribution in [0.4, 0.5) is 5.00 Å². The molecule has 2 aromatic heterocycles. The Bertz CT molecular complexity index is 1090. The fraction of sp³-hybridized carbons (Fsp3) is 0.316. The standard InChI is InChI=1S/C19H21N5O4S2/c1-10-6-7-14(27-4)13(8-10)24-19(21-22-23-24)29-9-15(25)20-17-16(18(26)28-5)11(2)12(3)30-17/h6-8H,9H2,1-5H3,(H,20,25). The molecule has 158 valence electrons. The van der Waals surface area contributed by atoms with Crippen LogP contribution in [0, 0.1) is 20.8 Å². The zero-order valence-electron chi connectivity index (χ0n) is 17.2. The Morgan fingerprint density at radius 3 is 2.70 bits per heavy atom. The number of rotatable bonds is 7. The highest BCUT2D eigenvalue weighted by Gasteiger charge is 2.22. The van der Waals surface area contributed by atoms with E-state index in [1.165, 1.54) is 34.9 Å². The number of nitrogens with zero attached hydrogens (tertiary/aromatic N) is 4. The van der Waals surface area contributed by atoms with Crippen molar-refractivity contribution in [1.82, 2.24) is 20.2 Å². The third-order valence-electron chi connectivity index (χ3n) is 4.36. The van der Waals surface area contributed by atoms with Gasteiger partial charge in [-0.15, -0.1) is 16.4 Å². The number of carbonyl (C=O) groups is 2. The third kappa shape index (κ3) is 4.46. The van der Waals surface area contributed by atoms with Crippen molar-refractivity contribution in [1.29, 1.82) is 0 Å². The average molecular weight is 448 g/mol. The number of tetrazole rings is 1. The van der Waals surface area contributed by atoms with E-state index >= 15 is 0 Å². The van der Waals surface area contributed by atoms with Gasteiger partial charge in [0.05, 0.1) is 25.5 Å². The number of thiophene rings is 1. The first-order chi connectivity index (χ1) is 14.3. The van der Waals surface area contributed by atoms with Gasteiger partial charge in [0.2, 0.25) is 11.1 Å². The molecule has 3 rings (SSSR count). The number of esters is 1. The number of ether oxygens (including phenoxy) is 2. The lowest BCUT2D eigenvalue weighted by Crippen LogP contribution is -2.16. The molecule has 11 heteroatoms. The summed E-state index contributed by atoms with van der Waals surface area (Å²) in [6.45, 7) is 5.67. The molecule has 1 N–H and O–H groups in total. The normalized spacial score (nSPS) is 10.7. The van der Waals surface area contributed by atoms with Gasteiger partial charge in [0.15, 0.2) is 0 Å². The predicted octanol–water partition coefficient (Wildman–Crippen LogP) is 3.18. The summed E-state index contributed by atoms with van der Waals surface area (Å²) in [7, 11) is 2.89. The summed E-state index contributed by atoms with van der Waals surface area (Å²) in [5.41, 5.74) is 2.88. The molecule has 3 aromatic rings. The number of methoxy groups -OCH3 is 2. The molecule has 0 saturated heterocycles. The second-order valence-electron chi connectivity index (χ2n) is 6.36. The lowest BCUT2D eigenvalue weighted by Gasteiger charge is -2.10. The number of thioether (sulfide) groups is 1. The van der Waals surface area contributed by atoms with E-state index in [-0.39, 0.29) is 11.7 Å². The third-order valence-corrected chi connectivity index (χ3v) is 6.41. The minimum absolute atomic E-state index is 0.0606. The van der Waals surface area contributed by atoms with Gasteiger partial charge in [-0.25, -0.2) is 4.79 Å². The molecule has 0 fully saturated rings. The molecular formula is C19H21N5O4S2. The van der Waals surface area contributed by atoms with Crippen LogP contribution in [0.1, 0.15) is 26.4 Å². The Balaban J connectivity index is 1.75. The maximum absolute atomic E-state index is 12.5. The molecule has 2 heterocycles. The first-order valence-corrected chi connectivity index (χ1v) is 10.7. The van der Waals surface area contributed by atoms with Gasteiger partial charge in [0.1, 0.15) is 16.4 Å². The number of aromatic nitrogens is 4. The highest BCUT2D eigenvalue weighted by atomic mass is 32.2. The molecular weight excluding hydrogens is 426 g/mol. The van der Waals surface area contributed by atoms with Crippen molar-refractivity contribution in [2.75, 3.05) is 25.3 Å². The van der Waals surface area contributed by atoms with Crippen LogP contribution in [0.2, 0.25) is 0 Å². The van der Waals surface area contributed by atoms with Gasteiger partial charge in [-0.1, -0.05) is 17.8 Å². The molecule has 0 bridgehead atoms. The van der Waals surface area contributed by atoms with Crippen molar-refractivity contribution in [3.63, 3.8) is 0 Å². The van der Waals surface area contributed by atoms with Crippen molar-refractivity contribution >= 4 is 40.0 Å². The van der Waals surface area contributed by atoms with E-state index < -0.39 is 5.97 Å². The van der Waals surface area contributed by atoms with Crippen molar-refractivity contribution < 1.29 is 19.1 Å². The van der Waals surface area contributed by atoms with Gasteiger partial charge in [-0.3, -0.25) is 4.79 Å². The Morgan fingerprint density at radius 2 is 2.00 bits per heavy atom. The zero-order valence-corrected chi connectivity index (χ0v) is 18.8. The maximum atomic E-state index is 12.5. The summed E-state index contributed by atoms with van der Waals surface area (Å²) >= 11 is 2.52. The van der Waals surface area contributed by atoms with Crippen LogP contribution in [0.5, 0.6) is 5.75 Å². The predicted molar refractivity (Wildman–Crippen MR) is 115 cm³/mol. The first-order valence-electron chi connectivity index (χ1n) is 8.90. The van der Waals surface area contributed by atoms with E-state index in [2.05, 4.69) is 20.8 Å².